The van der Waals surface area contributed by atoms with E-state index in [1.165, 1.54) is 5.57 Å². The van der Waals surface area contributed by atoms with E-state index < -0.39 is 0 Å². The van der Waals surface area contributed by atoms with Gasteiger partial charge < -0.3 is 0 Å². The lowest BCUT2D eigenvalue weighted by Gasteiger charge is -2.08. The number of rotatable bonds is 1. The lowest BCUT2D eigenvalue weighted by atomic mass is 10.0. The molecule has 0 amide bonds. The molecule has 0 saturated heterocycles. The number of halogens is 2. The average Bonchev–Trinajstić information content (AvgIpc) is 2.47. The fourth-order valence-electron chi connectivity index (χ4n) is 1.67. The van der Waals surface area contributed by atoms with E-state index in [1.54, 1.807) is 0 Å². The van der Waals surface area contributed by atoms with Gasteiger partial charge in [-0.25, -0.2) is 9.97 Å². The minimum Gasteiger partial charge on any atom is -0.218 e. The second-order valence-corrected chi connectivity index (χ2v) is 4.32. The topological polar surface area (TPSA) is 25.8 Å². The van der Waals surface area contributed by atoms with Crippen LogP contribution in [-0.4, -0.2) is 9.97 Å². The molecule has 0 atom stereocenters. The molecule has 0 fully saturated rings. The summed E-state index contributed by atoms with van der Waals surface area (Å²) in [6, 6.07) is 0. The Hall–Kier alpha value is -0.600. The third-order valence-electron chi connectivity index (χ3n) is 2.35. The molecule has 14 heavy (non-hydrogen) atoms. The largest absolute Gasteiger partial charge is 0.224 e. The molecule has 0 spiro atoms. The smallest absolute Gasteiger partial charge is 0.218 e. The van der Waals surface area contributed by atoms with Crippen molar-refractivity contribution in [2.45, 2.75) is 20.3 Å². The molecule has 0 unspecified atom stereocenters. The van der Waals surface area contributed by atoms with Crippen LogP contribution in [0.2, 0.25) is 10.4 Å². The summed E-state index contributed by atoms with van der Waals surface area (Å²) in [4.78, 5) is 8.14. The average molecular weight is 229 g/mol. The van der Waals surface area contributed by atoms with Crippen LogP contribution in [0.1, 0.15) is 25.1 Å². The molecule has 1 aromatic heterocycles. The van der Waals surface area contributed by atoms with Crippen molar-refractivity contribution in [3.8, 4) is 0 Å². The predicted octanol–water partition coefficient (Wildman–Crippen LogP) is 3.38. The first-order valence-electron chi connectivity index (χ1n) is 4.52. The fourth-order valence-corrected chi connectivity index (χ4v) is 2.13. The molecular formula is C10H10Cl2N2. The first-order valence-corrected chi connectivity index (χ1v) is 5.27. The molecule has 0 saturated carbocycles. The maximum Gasteiger partial charge on any atom is 0.224 e. The summed E-state index contributed by atoms with van der Waals surface area (Å²) in [6.07, 6.45) is 2.96. The van der Waals surface area contributed by atoms with Gasteiger partial charge in [-0.1, -0.05) is 31.5 Å². The van der Waals surface area contributed by atoms with Crippen molar-refractivity contribution in [3.05, 3.63) is 27.8 Å². The number of aromatic nitrogens is 2. The van der Waals surface area contributed by atoms with Gasteiger partial charge in [0.1, 0.15) is 5.15 Å². The highest BCUT2D eigenvalue weighted by Crippen LogP contribution is 2.34. The van der Waals surface area contributed by atoms with Gasteiger partial charge in [0.2, 0.25) is 5.28 Å². The predicted molar refractivity (Wildman–Crippen MR) is 58.6 cm³/mol. The maximum atomic E-state index is 5.98. The van der Waals surface area contributed by atoms with Crippen LogP contribution < -0.4 is 0 Å². The van der Waals surface area contributed by atoms with Gasteiger partial charge in [0.15, 0.2) is 0 Å². The Labute approximate surface area is 93.0 Å². The number of allylic oxidation sites excluding steroid dienone is 2. The summed E-state index contributed by atoms with van der Waals surface area (Å²) < 4.78 is 0. The highest BCUT2D eigenvalue weighted by atomic mass is 35.5. The zero-order chi connectivity index (χ0) is 10.3. The molecule has 0 bridgehead atoms. The van der Waals surface area contributed by atoms with E-state index in [-0.39, 0.29) is 5.28 Å². The zero-order valence-corrected chi connectivity index (χ0v) is 9.52. The van der Waals surface area contributed by atoms with Crippen molar-refractivity contribution in [1.82, 2.24) is 9.97 Å². The molecule has 74 valence electrons. The van der Waals surface area contributed by atoms with Crippen molar-refractivity contribution in [3.63, 3.8) is 0 Å². The highest BCUT2D eigenvalue weighted by molar-refractivity contribution is 6.32. The van der Waals surface area contributed by atoms with Gasteiger partial charge in [0.05, 0.1) is 5.69 Å². The molecule has 1 aliphatic carbocycles. The first-order chi connectivity index (χ1) is 6.59. The van der Waals surface area contributed by atoms with Gasteiger partial charge in [-0.15, -0.1) is 0 Å². The van der Waals surface area contributed by atoms with Gasteiger partial charge in [0, 0.05) is 5.56 Å². The molecule has 1 aliphatic rings. The summed E-state index contributed by atoms with van der Waals surface area (Å²) in [5.41, 5.74) is 3.14. The van der Waals surface area contributed by atoms with Crippen LogP contribution in [0, 0.1) is 5.92 Å². The summed E-state index contributed by atoms with van der Waals surface area (Å²) >= 11 is 11.7. The summed E-state index contributed by atoms with van der Waals surface area (Å²) in [5, 5.41) is 0.703. The molecule has 2 nitrogen and oxygen atoms in total. The Kier molecular flexibility index (Phi) is 2.50. The van der Waals surface area contributed by atoms with Crippen molar-refractivity contribution in [2.24, 2.45) is 5.92 Å². The second-order valence-electron chi connectivity index (χ2n) is 3.63. The molecule has 2 rings (SSSR count). The van der Waals surface area contributed by atoms with Crippen LogP contribution >= 0.6 is 23.2 Å². The second kappa shape index (κ2) is 3.52. The van der Waals surface area contributed by atoms with Crippen LogP contribution in [0.3, 0.4) is 0 Å². The summed E-state index contributed by atoms with van der Waals surface area (Å²) in [6.45, 7) is 4.26. The van der Waals surface area contributed by atoms with E-state index in [4.69, 9.17) is 23.2 Å². The number of nitrogens with zero attached hydrogens (tertiary/aromatic N) is 2. The van der Waals surface area contributed by atoms with Crippen LogP contribution in [0.5, 0.6) is 0 Å². The molecule has 0 aromatic carbocycles. The van der Waals surface area contributed by atoms with Gasteiger partial charge in [-0.05, 0) is 29.5 Å². The van der Waals surface area contributed by atoms with E-state index >= 15 is 0 Å². The van der Waals surface area contributed by atoms with Crippen molar-refractivity contribution in [2.75, 3.05) is 0 Å². The quantitative estimate of drug-likeness (QED) is 0.545. The van der Waals surface area contributed by atoms with Crippen LogP contribution in [0.4, 0.5) is 0 Å². The van der Waals surface area contributed by atoms with Gasteiger partial charge in [-0.3, -0.25) is 0 Å². The molecule has 1 heterocycles. The Bertz CT molecular complexity index is 411. The first kappa shape index (κ1) is 9.94. The minimum atomic E-state index is 0.224. The molecule has 0 N–H and O–H groups in total. The standard InChI is InChI=1S/C10H10Cl2N2/c1-5(2)6-3-4-7-8(6)13-10(12)14-9(7)11/h3,5H,4H2,1-2H3. The summed E-state index contributed by atoms with van der Waals surface area (Å²) in [5.74, 6) is 0.443. The van der Waals surface area contributed by atoms with Crippen molar-refractivity contribution in [1.29, 1.82) is 0 Å². The number of hydrogen-bond donors (Lipinski definition) is 0. The molecule has 4 heteroatoms. The van der Waals surface area contributed by atoms with E-state index in [1.807, 2.05) is 0 Å². The maximum absolute atomic E-state index is 5.98. The van der Waals surface area contributed by atoms with Crippen LogP contribution in [-0.2, 0) is 6.42 Å². The molecule has 1 aromatic rings. The minimum absolute atomic E-state index is 0.224. The molecule has 0 radical (unpaired) electrons. The van der Waals surface area contributed by atoms with Crippen molar-refractivity contribution >= 4 is 28.8 Å². The Morgan fingerprint density at radius 1 is 1.29 bits per heavy atom. The SMILES string of the molecule is CC(C)C1=CCc2c(Cl)nc(Cl)nc21. The normalized spacial score (nSPS) is 14.5. The van der Waals surface area contributed by atoms with Gasteiger partial charge in [-0.2, -0.15) is 0 Å². The van der Waals surface area contributed by atoms with E-state index in [0.29, 0.717) is 11.1 Å². The Morgan fingerprint density at radius 3 is 2.64 bits per heavy atom. The van der Waals surface area contributed by atoms with E-state index in [0.717, 1.165) is 17.7 Å². The Morgan fingerprint density at radius 2 is 2.00 bits per heavy atom. The van der Waals surface area contributed by atoms with Crippen molar-refractivity contribution < 1.29 is 0 Å². The van der Waals surface area contributed by atoms with Crippen LogP contribution in [0.25, 0.3) is 5.57 Å². The monoisotopic (exact) mass is 228 g/mol. The number of fused-ring (bicyclic) bond motifs is 1. The van der Waals surface area contributed by atoms with Crippen LogP contribution in [0.15, 0.2) is 6.08 Å². The molecular weight excluding hydrogens is 219 g/mol. The third kappa shape index (κ3) is 1.53. The van der Waals surface area contributed by atoms with E-state index in [9.17, 15) is 0 Å². The highest BCUT2D eigenvalue weighted by Gasteiger charge is 2.22. The Balaban J connectivity index is 2.55. The van der Waals surface area contributed by atoms with E-state index in [2.05, 4.69) is 29.9 Å². The molecule has 0 aliphatic heterocycles. The summed E-state index contributed by atoms with van der Waals surface area (Å²) in [7, 11) is 0. The number of hydrogen-bond acceptors (Lipinski definition) is 2. The lowest BCUT2D eigenvalue weighted by Crippen LogP contribution is -1.98. The lowest BCUT2D eigenvalue weighted by molar-refractivity contribution is 0.850. The van der Waals surface area contributed by atoms with Gasteiger partial charge in [0.25, 0.3) is 0 Å². The third-order valence-corrected chi connectivity index (χ3v) is 2.83. The fraction of sp³-hybridized carbons (Fsp3) is 0.400. The zero-order valence-electron chi connectivity index (χ0n) is 8.01. The van der Waals surface area contributed by atoms with Gasteiger partial charge >= 0.3 is 0 Å².